The van der Waals surface area contributed by atoms with Crippen molar-refractivity contribution in [2.45, 2.75) is 6.92 Å². The van der Waals surface area contributed by atoms with Crippen LogP contribution in [0.5, 0.6) is 0 Å². The van der Waals surface area contributed by atoms with E-state index >= 15 is 0 Å². The van der Waals surface area contributed by atoms with E-state index in [-0.39, 0.29) is 12.4 Å². The van der Waals surface area contributed by atoms with Gasteiger partial charge in [0.15, 0.2) is 0 Å². The number of aromatic nitrogens is 1. The van der Waals surface area contributed by atoms with Gasteiger partial charge >= 0.3 is 0 Å². The zero-order chi connectivity index (χ0) is 13.5. The monoisotopic (exact) mass is 289 g/mol. The highest BCUT2D eigenvalue weighted by molar-refractivity contribution is 5.85. The lowest BCUT2D eigenvalue weighted by atomic mass is 10.3. The number of halogens is 1. The van der Waals surface area contributed by atoms with Crippen LogP contribution in [-0.2, 0) is 0 Å². The summed E-state index contributed by atoms with van der Waals surface area (Å²) in [7, 11) is 0. The Kier molecular flexibility index (Phi) is 6.64. The van der Waals surface area contributed by atoms with Gasteiger partial charge in [-0.25, -0.2) is 5.84 Å². The van der Waals surface area contributed by atoms with Crippen molar-refractivity contribution in [3.63, 3.8) is 0 Å². The second-order valence-electron chi connectivity index (χ2n) is 4.19. The number of nitrogens with zero attached hydrogens (tertiary/aromatic N) is 1. The Hall–Kier alpha value is -1.97. The van der Waals surface area contributed by atoms with Gasteiger partial charge in [0.25, 0.3) is 0 Å². The molecule has 0 amide bonds. The summed E-state index contributed by atoms with van der Waals surface area (Å²) in [5.74, 6) is 5.63. The van der Waals surface area contributed by atoms with Crippen molar-refractivity contribution in [2.24, 2.45) is 5.84 Å². The van der Waals surface area contributed by atoms with Crippen LogP contribution in [0.15, 0.2) is 66.9 Å². The van der Waals surface area contributed by atoms with Gasteiger partial charge in [-0.1, -0.05) is 36.4 Å². The van der Waals surface area contributed by atoms with Gasteiger partial charge in [0, 0.05) is 18.3 Å². The largest absolute Gasteiger partial charge is 0.361 e. The first kappa shape index (κ1) is 16.1. The number of anilines is 1. The maximum atomic E-state index is 5.63. The van der Waals surface area contributed by atoms with Crippen LogP contribution in [0.4, 0.5) is 5.69 Å². The molecule has 2 aromatic carbocycles. The number of benzene rings is 2. The van der Waals surface area contributed by atoms with Gasteiger partial charge in [-0.05, 0) is 36.6 Å². The first-order valence-electron chi connectivity index (χ1n) is 6.40. The molecule has 0 spiro atoms. The van der Waals surface area contributed by atoms with Crippen molar-refractivity contribution in [2.75, 3.05) is 11.6 Å². The summed E-state index contributed by atoms with van der Waals surface area (Å²) >= 11 is 0. The zero-order valence-electron chi connectivity index (χ0n) is 11.5. The van der Waals surface area contributed by atoms with Crippen molar-refractivity contribution in [1.29, 1.82) is 0 Å². The summed E-state index contributed by atoms with van der Waals surface area (Å²) in [4.78, 5) is 3.12. The third-order valence-electron chi connectivity index (χ3n) is 2.89. The summed E-state index contributed by atoms with van der Waals surface area (Å²) in [6.45, 7) is 2.86. The Morgan fingerprint density at radius 2 is 1.60 bits per heavy atom. The van der Waals surface area contributed by atoms with Gasteiger partial charge in [-0.3, -0.25) is 0 Å². The summed E-state index contributed by atoms with van der Waals surface area (Å²) in [5.41, 5.74) is 2.27. The minimum atomic E-state index is 0. The highest BCUT2D eigenvalue weighted by Gasteiger charge is 1.93. The van der Waals surface area contributed by atoms with E-state index in [0.717, 1.165) is 12.2 Å². The molecule has 3 aromatic rings. The second kappa shape index (κ2) is 8.25. The van der Waals surface area contributed by atoms with Crippen molar-refractivity contribution < 1.29 is 0 Å². The molecule has 0 fully saturated rings. The number of nitrogens with two attached hydrogens (primary N) is 1. The molecule has 0 radical (unpaired) electrons. The highest BCUT2D eigenvalue weighted by Crippen LogP contribution is 2.09. The van der Waals surface area contributed by atoms with Crippen LogP contribution in [0.2, 0.25) is 0 Å². The van der Waals surface area contributed by atoms with E-state index in [9.17, 15) is 0 Å². The average molecular weight is 290 g/mol. The highest BCUT2D eigenvalue weighted by atomic mass is 35.5. The molecular weight excluding hydrogens is 270 g/mol. The first-order valence-corrected chi connectivity index (χ1v) is 6.40. The fourth-order valence-corrected chi connectivity index (χ4v) is 1.80. The summed E-state index contributed by atoms with van der Waals surface area (Å²) in [6.07, 6.45) is 1.95. The van der Waals surface area contributed by atoms with Crippen LogP contribution in [0, 0.1) is 0 Å². The molecule has 0 atom stereocenters. The van der Waals surface area contributed by atoms with Gasteiger partial charge < -0.3 is 9.99 Å². The Bertz CT molecular complexity index is 577. The van der Waals surface area contributed by atoms with Gasteiger partial charge in [0.1, 0.15) is 0 Å². The minimum Gasteiger partial charge on any atom is -0.361 e. The molecule has 0 saturated heterocycles. The second-order valence-corrected chi connectivity index (χ2v) is 4.19. The Morgan fingerprint density at radius 1 is 0.950 bits per heavy atom. The number of hydrazine groups is 1. The molecule has 3 rings (SSSR count). The van der Waals surface area contributed by atoms with Crippen LogP contribution in [0.25, 0.3) is 10.9 Å². The number of H-pyrrole nitrogens is 1. The van der Waals surface area contributed by atoms with Crippen molar-refractivity contribution in [1.82, 2.24) is 4.98 Å². The fraction of sp³-hybridized carbons (Fsp3) is 0.125. The maximum absolute atomic E-state index is 5.63. The first-order chi connectivity index (χ1) is 9.31. The molecule has 4 heteroatoms. The quantitative estimate of drug-likeness (QED) is 0.554. The standard InChI is InChI=1S/C8H12N2.C8H7N.ClH/c1-2-10(9)8-6-4-3-5-7-8;1-2-4-8-7(3-1)5-6-9-8;/h3-7H,2,9H2,1H3;1-6,9H;1H. The predicted octanol–water partition coefficient (Wildman–Crippen LogP) is 3.98. The topological polar surface area (TPSA) is 45.0 Å². The maximum Gasteiger partial charge on any atom is 0.0517 e. The Balaban J connectivity index is 0.000000191. The van der Waals surface area contributed by atoms with Crippen LogP contribution < -0.4 is 10.9 Å². The lowest BCUT2D eigenvalue weighted by Crippen LogP contribution is -2.29. The predicted molar refractivity (Wildman–Crippen MR) is 89.2 cm³/mol. The molecule has 0 aliphatic rings. The van der Waals surface area contributed by atoms with Gasteiger partial charge in [0.2, 0.25) is 0 Å². The number of hydrogen-bond acceptors (Lipinski definition) is 2. The Morgan fingerprint density at radius 3 is 2.25 bits per heavy atom. The molecule has 1 heterocycles. The van der Waals surface area contributed by atoms with E-state index < -0.39 is 0 Å². The molecule has 20 heavy (non-hydrogen) atoms. The minimum absolute atomic E-state index is 0. The Labute approximate surface area is 125 Å². The van der Waals surface area contributed by atoms with E-state index in [4.69, 9.17) is 5.84 Å². The lowest BCUT2D eigenvalue weighted by Gasteiger charge is -2.14. The number of para-hydroxylation sites is 2. The molecule has 0 aliphatic heterocycles. The van der Waals surface area contributed by atoms with E-state index in [1.54, 1.807) is 5.01 Å². The third kappa shape index (κ3) is 4.30. The number of hydrogen-bond donors (Lipinski definition) is 2. The summed E-state index contributed by atoms with van der Waals surface area (Å²) in [6, 6.07) is 20.2. The van der Waals surface area contributed by atoms with E-state index in [2.05, 4.69) is 23.2 Å². The van der Waals surface area contributed by atoms with Crippen molar-refractivity contribution in [3.8, 4) is 0 Å². The van der Waals surface area contributed by atoms with E-state index in [1.165, 1.54) is 10.9 Å². The molecule has 0 saturated carbocycles. The van der Waals surface area contributed by atoms with Gasteiger partial charge in [-0.2, -0.15) is 0 Å². The molecule has 3 N–H and O–H groups in total. The van der Waals surface area contributed by atoms with E-state index in [1.807, 2.05) is 55.6 Å². The molecule has 106 valence electrons. The van der Waals surface area contributed by atoms with Crippen LogP contribution in [0.1, 0.15) is 6.92 Å². The molecule has 0 aliphatic carbocycles. The van der Waals surface area contributed by atoms with E-state index in [0.29, 0.717) is 0 Å². The summed E-state index contributed by atoms with van der Waals surface area (Å²) in [5, 5.41) is 2.98. The van der Waals surface area contributed by atoms with Gasteiger partial charge in [0.05, 0.1) is 5.69 Å². The molecule has 3 nitrogen and oxygen atoms in total. The van der Waals surface area contributed by atoms with Crippen LogP contribution in [-0.4, -0.2) is 11.5 Å². The normalized spacial score (nSPS) is 9.30. The lowest BCUT2D eigenvalue weighted by molar-refractivity contribution is 0.892. The number of rotatable bonds is 2. The summed E-state index contributed by atoms with van der Waals surface area (Å²) < 4.78 is 0. The SMILES string of the molecule is CCN(N)c1ccccc1.Cl.c1ccc2[nH]ccc2c1. The fourth-order valence-electron chi connectivity index (χ4n) is 1.80. The molecular formula is C16H20ClN3. The number of aromatic amines is 1. The van der Waals surface area contributed by atoms with Crippen molar-refractivity contribution in [3.05, 3.63) is 66.9 Å². The molecule has 0 bridgehead atoms. The molecule has 0 unspecified atom stereocenters. The molecule has 1 aromatic heterocycles. The average Bonchev–Trinajstić information content (AvgIpc) is 2.96. The zero-order valence-corrected chi connectivity index (χ0v) is 12.3. The van der Waals surface area contributed by atoms with Crippen molar-refractivity contribution >= 4 is 29.0 Å². The van der Waals surface area contributed by atoms with Gasteiger partial charge in [-0.15, -0.1) is 12.4 Å². The third-order valence-corrected chi connectivity index (χ3v) is 2.89. The van der Waals surface area contributed by atoms with Crippen LogP contribution >= 0.6 is 12.4 Å². The number of fused-ring (bicyclic) bond motifs is 1. The smallest absolute Gasteiger partial charge is 0.0517 e. The number of nitrogens with one attached hydrogen (secondary N) is 1. The van der Waals surface area contributed by atoms with Crippen LogP contribution in [0.3, 0.4) is 0 Å².